The van der Waals surface area contributed by atoms with E-state index in [0.29, 0.717) is 5.02 Å². The molecule has 23 heavy (non-hydrogen) atoms. The molecule has 0 heterocycles. The van der Waals surface area contributed by atoms with Crippen molar-refractivity contribution in [2.45, 2.75) is 4.90 Å². The Morgan fingerprint density at radius 3 is 2.39 bits per heavy atom. The SMILES string of the molecule is O=C(COc1ccc(Cl)cc1Cl)NS(=O)(=O)c1ccccc1Cl. The lowest BCUT2D eigenvalue weighted by Gasteiger charge is -2.10. The van der Waals surface area contributed by atoms with Gasteiger partial charge in [-0.3, -0.25) is 4.79 Å². The number of benzene rings is 2. The highest BCUT2D eigenvalue weighted by molar-refractivity contribution is 7.90. The van der Waals surface area contributed by atoms with E-state index in [1.54, 1.807) is 6.07 Å². The highest BCUT2D eigenvalue weighted by atomic mass is 35.5. The first-order valence-electron chi connectivity index (χ1n) is 6.17. The van der Waals surface area contributed by atoms with Gasteiger partial charge in [-0.2, -0.15) is 0 Å². The van der Waals surface area contributed by atoms with Crippen LogP contribution in [0.1, 0.15) is 0 Å². The summed E-state index contributed by atoms with van der Waals surface area (Å²) in [5.74, 6) is -0.655. The zero-order chi connectivity index (χ0) is 17.0. The third-order valence-electron chi connectivity index (χ3n) is 2.63. The largest absolute Gasteiger partial charge is 0.482 e. The Morgan fingerprint density at radius 1 is 1.04 bits per heavy atom. The van der Waals surface area contributed by atoms with Gasteiger partial charge in [0, 0.05) is 5.02 Å². The summed E-state index contributed by atoms with van der Waals surface area (Å²) < 4.78 is 31.2. The Labute approximate surface area is 148 Å². The minimum atomic E-state index is -4.08. The Hall–Kier alpha value is -1.47. The fourth-order valence-electron chi connectivity index (χ4n) is 1.63. The number of rotatable bonds is 5. The van der Waals surface area contributed by atoms with Crippen LogP contribution in [0.5, 0.6) is 5.75 Å². The molecule has 0 spiro atoms. The Bertz CT molecular complexity index is 840. The number of amides is 1. The summed E-state index contributed by atoms with van der Waals surface area (Å²) >= 11 is 17.4. The van der Waals surface area contributed by atoms with Crippen molar-refractivity contribution in [3.8, 4) is 5.75 Å². The molecule has 0 aliphatic rings. The maximum Gasteiger partial charge on any atom is 0.271 e. The molecule has 0 aromatic heterocycles. The number of ether oxygens (including phenoxy) is 1. The number of sulfonamides is 1. The lowest BCUT2D eigenvalue weighted by Crippen LogP contribution is -2.34. The third-order valence-corrected chi connectivity index (χ3v) is 5.03. The van der Waals surface area contributed by atoms with E-state index < -0.39 is 22.5 Å². The van der Waals surface area contributed by atoms with Crippen LogP contribution in [0.15, 0.2) is 47.4 Å². The fourth-order valence-corrected chi connectivity index (χ4v) is 3.59. The van der Waals surface area contributed by atoms with E-state index in [9.17, 15) is 13.2 Å². The minimum absolute atomic E-state index is 0.00876. The van der Waals surface area contributed by atoms with Crippen LogP contribution < -0.4 is 9.46 Å². The molecule has 2 aromatic rings. The zero-order valence-corrected chi connectivity index (χ0v) is 14.5. The van der Waals surface area contributed by atoms with Crippen LogP contribution in [0.4, 0.5) is 0 Å². The highest BCUT2D eigenvalue weighted by Gasteiger charge is 2.20. The van der Waals surface area contributed by atoms with Crippen LogP contribution in [-0.4, -0.2) is 20.9 Å². The van der Waals surface area contributed by atoms with Gasteiger partial charge in [-0.15, -0.1) is 0 Å². The maximum absolute atomic E-state index is 12.1. The van der Waals surface area contributed by atoms with E-state index in [0.717, 1.165) is 0 Å². The second-order valence-corrected chi connectivity index (χ2v) is 7.22. The van der Waals surface area contributed by atoms with E-state index in [4.69, 9.17) is 39.5 Å². The molecule has 0 aliphatic heterocycles. The second kappa shape index (κ2) is 7.40. The molecule has 9 heteroatoms. The van der Waals surface area contributed by atoms with E-state index in [2.05, 4.69) is 0 Å². The van der Waals surface area contributed by atoms with Crippen molar-refractivity contribution in [3.63, 3.8) is 0 Å². The maximum atomic E-state index is 12.1. The summed E-state index contributed by atoms with van der Waals surface area (Å²) in [4.78, 5) is 11.6. The summed E-state index contributed by atoms with van der Waals surface area (Å²) in [5.41, 5.74) is 0. The summed E-state index contributed by atoms with van der Waals surface area (Å²) in [5, 5.41) is 0.627. The zero-order valence-electron chi connectivity index (χ0n) is 11.4. The molecule has 5 nitrogen and oxygen atoms in total. The lowest BCUT2D eigenvalue weighted by atomic mass is 10.3. The molecule has 2 aromatic carbocycles. The second-order valence-electron chi connectivity index (χ2n) is 4.32. The molecule has 2 rings (SSSR count). The van der Waals surface area contributed by atoms with Crippen LogP contribution in [0, 0.1) is 0 Å². The molecule has 1 N–H and O–H groups in total. The van der Waals surface area contributed by atoms with Gasteiger partial charge >= 0.3 is 0 Å². The van der Waals surface area contributed by atoms with Gasteiger partial charge in [-0.05, 0) is 30.3 Å². The van der Waals surface area contributed by atoms with E-state index in [1.165, 1.54) is 36.4 Å². The van der Waals surface area contributed by atoms with E-state index in [1.807, 2.05) is 4.72 Å². The van der Waals surface area contributed by atoms with Crippen molar-refractivity contribution in [1.29, 1.82) is 0 Å². The monoisotopic (exact) mass is 393 g/mol. The quantitative estimate of drug-likeness (QED) is 0.842. The fraction of sp³-hybridized carbons (Fsp3) is 0.0714. The molecule has 0 aliphatic carbocycles. The third kappa shape index (κ3) is 4.75. The molecule has 0 unspecified atom stereocenters. The van der Waals surface area contributed by atoms with Gasteiger partial charge in [0.05, 0.1) is 10.0 Å². The van der Waals surface area contributed by atoms with Crippen molar-refractivity contribution in [1.82, 2.24) is 4.72 Å². The number of hydrogen-bond donors (Lipinski definition) is 1. The van der Waals surface area contributed by atoms with Gasteiger partial charge < -0.3 is 4.74 Å². The summed E-state index contributed by atoms with van der Waals surface area (Å²) in [6.07, 6.45) is 0. The molecule has 122 valence electrons. The summed E-state index contributed by atoms with van der Waals surface area (Å²) in [7, 11) is -4.08. The Kier molecular flexibility index (Phi) is 5.75. The number of carbonyl (C=O) groups excluding carboxylic acids is 1. The average molecular weight is 395 g/mol. The van der Waals surface area contributed by atoms with Crippen molar-refractivity contribution in [3.05, 3.63) is 57.5 Å². The van der Waals surface area contributed by atoms with Gasteiger partial charge in [0.25, 0.3) is 15.9 Å². The van der Waals surface area contributed by atoms with Gasteiger partial charge in [0.1, 0.15) is 10.6 Å². The normalized spacial score (nSPS) is 11.1. The smallest absolute Gasteiger partial charge is 0.271 e. The van der Waals surface area contributed by atoms with Crippen molar-refractivity contribution < 1.29 is 17.9 Å². The van der Waals surface area contributed by atoms with Crippen molar-refractivity contribution in [2.24, 2.45) is 0 Å². The molecule has 0 radical (unpaired) electrons. The molecular formula is C14H10Cl3NO4S. The van der Waals surface area contributed by atoms with Gasteiger partial charge in [-0.1, -0.05) is 46.9 Å². The summed E-state index contributed by atoms with van der Waals surface area (Å²) in [6, 6.07) is 10.2. The van der Waals surface area contributed by atoms with Crippen LogP contribution in [0.25, 0.3) is 0 Å². The van der Waals surface area contributed by atoms with Crippen molar-refractivity contribution in [2.75, 3.05) is 6.61 Å². The number of nitrogens with one attached hydrogen (secondary N) is 1. The number of hydrogen-bond acceptors (Lipinski definition) is 4. The molecule has 1 amide bonds. The first-order valence-corrected chi connectivity index (χ1v) is 8.79. The molecule has 0 atom stereocenters. The molecular weight excluding hydrogens is 385 g/mol. The lowest BCUT2D eigenvalue weighted by molar-refractivity contribution is -0.121. The minimum Gasteiger partial charge on any atom is -0.482 e. The standard InChI is InChI=1S/C14H10Cl3NO4S/c15-9-5-6-12(11(17)7-9)22-8-14(19)18-23(20,21)13-4-2-1-3-10(13)16/h1-7H,8H2,(H,18,19). The van der Waals surface area contributed by atoms with Crippen LogP contribution >= 0.6 is 34.8 Å². The predicted molar refractivity (Wildman–Crippen MR) is 88.7 cm³/mol. The average Bonchev–Trinajstić information content (AvgIpc) is 2.46. The Morgan fingerprint density at radius 2 is 1.74 bits per heavy atom. The first kappa shape index (κ1) is 17.9. The van der Waals surface area contributed by atoms with Crippen molar-refractivity contribution >= 4 is 50.7 Å². The van der Waals surface area contributed by atoms with Gasteiger partial charge in [-0.25, -0.2) is 13.1 Å². The Balaban J connectivity index is 2.03. The van der Waals surface area contributed by atoms with E-state index >= 15 is 0 Å². The van der Waals surface area contributed by atoms with Gasteiger partial charge in [0.15, 0.2) is 6.61 Å². The summed E-state index contributed by atoms with van der Waals surface area (Å²) in [6.45, 7) is -0.537. The van der Waals surface area contributed by atoms with Crippen LogP contribution in [-0.2, 0) is 14.8 Å². The number of halogens is 3. The van der Waals surface area contributed by atoms with Crippen LogP contribution in [0.3, 0.4) is 0 Å². The molecule has 0 saturated carbocycles. The predicted octanol–water partition coefficient (Wildman–Crippen LogP) is 3.53. The first-order chi connectivity index (χ1) is 10.8. The molecule has 0 fully saturated rings. The highest BCUT2D eigenvalue weighted by Crippen LogP contribution is 2.27. The molecule has 0 bridgehead atoms. The molecule has 0 saturated heterocycles. The topological polar surface area (TPSA) is 72.5 Å². The van der Waals surface area contributed by atoms with E-state index in [-0.39, 0.29) is 20.7 Å². The van der Waals surface area contributed by atoms with Crippen LogP contribution in [0.2, 0.25) is 15.1 Å². The van der Waals surface area contributed by atoms with Gasteiger partial charge in [0.2, 0.25) is 0 Å². The number of carbonyl (C=O) groups is 1.